The largest absolute Gasteiger partial charge is 0.394 e. The summed E-state index contributed by atoms with van der Waals surface area (Å²) in [5.74, 6) is 1.99. The van der Waals surface area contributed by atoms with Gasteiger partial charge in [0.2, 0.25) is 0 Å². The van der Waals surface area contributed by atoms with E-state index in [9.17, 15) is 25.5 Å². The molecular weight excluding hydrogens is 560 g/mol. The van der Waals surface area contributed by atoms with Crippen molar-refractivity contribution in [1.29, 1.82) is 0 Å². The molecule has 8 nitrogen and oxygen atoms in total. The standard InChI is InChI=1S/C36H58O8/c1-21(9-8-14-31(2,3)41)22-12-15-34(7)24-13-16-36-25(35(24,20-42-36)18-17-33(22,34)6)10-11-26(32(36,4)5)44-30-29(40)28(39)27(38)23(19-37)43-30/h8,13-14,16,21-30,37-41H,9-12,15,17-20H2,1-7H3/b14-8+/t21-,22-,23-,24-,25-,26+,27-,28-,29-,30+,33-,34+,35+,36-/m1/s1. The number of aliphatic hydroxyl groups excluding tert-OH is 4. The van der Waals surface area contributed by atoms with E-state index in [-0.39, 0.29) is 22.3 Å². The lowest BCUT2D eigenvalue weighted by Gasteiger charge is -2.65. The SMILES string of the molecule is C[C@H](C/C=C/C(C)(C)O)[C@H]1CC[C@@]2(C)[C@H]3C=C[C@@]45OC[C@]3(CC[C@]12C)[C@H]4CC[C@H](O[C@@H]1O[C@H](CO)[C@@H](O)[C@@H](O)[C@H]1O)C5(C)C. The van der Waals surface area contributed by atoms with Gasteiger partial charge in [-0.05, 0) is 87.4 Å². The van der Waals surface area contributed by atoms with Gasteiger partial charge in [-0.15, -0.1) is 0 Å². The molecule has 0 amide bonds. The van der Waals surface area contributed by atoms with E-state index in [2.05, 4.69) is 52.8 Å². The van der Waals surface area contributed by atoms with Crippen LogP contribution in [0.15, 0.2) is 24.3 Å². The van der Waals surface area contributed by atoms with Gasteiger partial charge in [-0.1, -0.05) is 58.9 Å². The molecule has 1 spiro atoms. The fourth-order valence-corrected chi connectivity index (χ4v) is 11.5. The van der Waals surface area contributed by atoms with E-state index in [0.717, 1.165) is 32.3 Å². The van der Waals surface area contributed by atoms with Crippen LogP contribution in [0.25, 0.3) is 0 Å². The van der Waals surface area contributed by atoms with Crippen LogP contribution in [0.2, 0.25) is 0 Å². The molecule has 44 heavy (non-hydrogen) atoms. The summed E-state index contributed by atoms with van der Waals surface area (Å²) < 4.78 is 19.2. The molecule has 0 radical (unpaired) electrons. The second-order valence-corrected chi connectivity index (χ2v) is 17.1. The molecule has 4 aliphatic carbocycles. The number of fused-ring (bicyclic) bond motifs is 2. The van der Waals surface area contributed by atoms with Crippen LogP contribution in [0.4, 0.5) is 0 Å². The zero-order chi connectivity index (χ0) is 32.1. The molecule has 14 atom stereocenters. The van der Waals surface area contributed by atoms with Gasteiger partial charge in [0.25, 0.3) is 0 Å². The molecule has 6 rings (SSSR count). The van der Waals surface area contributed by atoms with E-state index < -0.39 is 53.9 Å². The molecule has 3 saturated carbocycles. The van der Waals surface area contributed by atoms with Crippen molar-refractivity contribution in [3.8, 4) is 0 Å². The zero-order valence-electron chi connectivity index (χ0n) is 27.9. The van der Waals surface area contributed by atoms with Crippen molar-refractivity contribution in [1.82, 2.24) is 0 Å². The highest BCUT2D eigenvalue weighted by molar-refractivity contribution is 5.33. The number of aliphatic hydroxyl groups is 5. The molecule has 0 aromatic carbocycles. The minimum Gasteiger partial charge on any atom is -0.394 e. The summed E-state index contributed by atoms with van der Waals surface area (Å²) in [5, 5.41) is 51.2. The fraction of sp³-hybridized carbons (Fsp3) is 0.889. The molecule has 2 bridgehead atoms. The van der Waals surface area contributed by atoms with Crippen LogP contribution in [0, 0.1) is 45.3 Å². The van der Waals surface area contributed by atoms with Gasteiger partial charge in [0.05, 0.1) is 30.5 Å². The lowest BCUT2D eigenvalue weighted by atomic mass is 9.38. The topological polar surface area (TPSA) is 129 Å². The fourth-order valence-electron chi connectivity index (χ4n) is 11.5. The molecule has 2 aliphatic heterocycles. The number of ether oxygens (including phenoxy) is 3. The van der Waals surface area contributed by atoms with Crippen molar-refractivity contribution in [2.75, 3.05) is 13.2 Å². The van der Waals surface area contributed by atoms with Gasteiger partial charge in [0.1, 0.15) is 24.4 Å². The first-order valence-electron chi connectivity index (χ1n) is 17.2. The van der Waals surface area contributed by atoms with Gasteiger partial charge in [-0.25, -0.2) is 0 Å². The van der Waals surface area contributed by atoms with Gasteiger partial charge in [0.15, 0.2) is 6.29 Å². The quantitative estimate of drug-likeness (QED) is 0.270. The number of allylic oxidation sites excluding steroid dienone is 2. The van der Waals surface area contributed by atoms with Gasteiger partial charge in [-0.3, -0.25) is 0 Å². The van der Waals surface area contributed by atoms with Gasteiger partial charge >= 0.3 is 0 Å². The number of hydrogen-bond acceptors (Lipinski definition) is 8. The Bertz CT molecular complexity index is 1140. The van der Waals surface area contributed by atoms with Crippen LogP contribution in [0.5, 0.6) is 0 Å². The van der Waals surface area contributed by atoms with E-state index in [0.29, 0.717) is 23.7 Å². The maximum absolute atomic E-state index is 10.7. The van der Waals surface area contributed by atoms with Crippen molar-refractivity contribution in [3.63, 3.8) is 0 Å². The normalized spacial score (nSPS) is 52.0. The van der Waals surface area contributed by atoms with Crippen molar-refractivity contribution in [2.24, 2.45) is 45.3 Å². The molecule has 0 aromatic rings. The van der Waals surface area contributed by atoms with E-state index >= 15 is 0 Å². The van der Waals surface area contributed by atoms with E-state index in [1.165, 1.54) is 19.3 Å². The number of rotatable bonds is 7. The van der Waals surface area contributed by atoms with Gasteiger partial charge < -0.3 is 39.7 Å². The maximum atomic E-state index is 10.7. The highest BCUT2D eigenvalue weighted by Crippen LogP contribution is 2.77. The molecule has 2 saturated heterocycles. The summed E-state index contributed by atoms with van der Waals surface area (Å²) in [6.07, 6.45) is 9.78. The third kappa shape index (κ3) is 4.52. The molecule has 6 aliphatic rings. The average molecular weight is 619 g/mol. The van der Waals surface area contributed by atoms with Crippen LogP contribution in [-0.4, -0.2) is 86.8 Å². The first kappa shape index (κ1) is 33.1. The Morgan fingerprint density at radius 2 is 1.70 bits per heavy atom. The first-order chi connectivity index (χ1) is 20.5. The Balaban J connectivity index is 1.25. The molecule has 0 unspecified atom stereocenters. The van der Waals surface area contributed by atoms with Crippen molar-refractivity contribution >= 4 is 0 Å². The monoisotopic (exact) mass is 618 g/mol. The van der Waals surface area contributed by atoms with Gasteiger partial charge in [-0.2, -0.15) is 0 Å². The van der Waals surface area contributed by atoms with E-state index in [1.54, 1.807) is 0 Å². The third-order valence-electron chi connectivity index (χ3n) is 14.2. The van der Waals surface area contributed by atoms with Crippen LogP contribution in [-0.2, 0) is 14.2 Å². The summed E-state index contributed by atoms with van der Waals surface area (Å²) in [5.41, 5.74) is -1.24. The predicted octanol–water partition coefficient (Wildman–Crippen LogP) is 4.12. The first-order valence-corrected chi connectivity index (χ1v) is 17.2. The molecule has 8 heteroatoms. The molecular formula is C36H58O8. The Labute approximate surface area is 263 Å². The Hall–Kier alpha value is -0.840. The molecule has 250 valence electrons. The summed E-state index contributed by atoms with van der Waals surface area (Å²) in [6.45, 7) is 15.8. The van der Waals surface area contributed by atoms with Crippen LogP contribution >= 0.6 is 0 Å². The van der Waals surface area contributed by atoms with Crippen molar-refractivity contribution < 1.29 is 39.7 Å². The second kappa shape index (κ2) is 10.8. The second-order valence-electron chi connectivity index (χ2n) is 17.1. The predicted molar refractivity (Wildman–Crippen MR) is 166 cm³/mol. The van der Waals surface area contributed by atoms with Crippen LogP contribution in [0.1, 0.15) is 93.4 Å². The third-order valence-corrected chi connectivity index (χ3v) is 14.2. The Morgan fingerprint density at radius 1 is 0.977 bits per heavy atom. The lowest BCUT2D eigenvalue weighted by Crippen LogP contribution is -2.66. The molecule has 2 heterocycles. The lowest BCUT2D eigenvalue weighted by molar-refractivity contribution is -0.329. The Morgan fingerprint density at radius 3 is 2.39 bits per heavy atom. The van der Waals surface area contributed by atoms with E-state index in [1.807, 2.05) is 19.9 Å². The van der Waals surface area contributed by atoms with Crippen LogP contribution < -0.4 is 0 Å². The number of hydrogen-bond donors (Lipinski definition) is 5. The molecule has 5 fully saturated rings. The van der Waals surface area contributed by atoms with Crippen molar-refractivity contribution in [3.05, 3.63) is 24.3 Å². The zero-order valence-corrected chi connectivity index (χ0v) is 27.9. The van der Waals surface area contributed by atoms with Crippen molar-refractivity contribution in [2.45, 2.75) is 141 Å². The van der Waals surface area contributed by atoms with Gasteiger partial charge in [0, 0.05) is 16.7 Å². The van der Waals surface area contributed by atoms with E-state index in [4.69, 9.17) is 14.2 Å². The average Bonchev–Trinajstić information content (AvgIpc) is 3.35. The summed E-state index contributed by atoms with van der Waals surface area (Å²) in [6, 6.07) is 0. The maximum Gasteiger partial charge on any atom is 0.186 e. The summed E-state index contributed by atoms with van der Waals surface area (Å²) >= 11 is 0. The Kier molecular flexibility index (Phi) is 8.15. The summed E-state index contributed by atoms with van der Waals surface area (Å²) in [7, 11) is 0. The molecule has 0 aromatic heterocycles. The minimum absolute atomic E-state index is 0.0767. The smallest absolute Gasteiger partial charge is 0.186 e. The minimum atomic E-state index is -1.46. The highest BCUT2D eigenvalue weighted by Gasteiger charge is 2.75. The summed E-state index contributed by atoms with van der Waals surface area (Å²) in [4.78, 5) is 0. The molecule has 5 N–H and O–H groups in total. The highest BCUT2D eigenvalue weighted by atomic mass is 16.7. The van der Waals surface area contributed by atoms with Crippen LogP contribution in [0.3, 0.4) is 0 Å².